The second-order valence-corrected chi connectivity index (χ2v) is 11.3. The van der Waals surface area contributed by atoms with E-state index in [0.717, 1.165) is 24.3 Å². The number of nitrogens with two attached hydrogens (primary N) is 1. The van der Waals surface area contributed by atoms with Crippen molar-refractivity contribution in [3.63, 3.8) is 0 Å². The molecular formula is C24H18F3N3O6S2. The van der Waals surface area contributed by atoms with Crippen LogP contribution < -0.4 is 20.5 Å². The summed E-state index contributed by atoms with van der Waals surface area (Å²) in [5, 5.41) is 3.47. The predicted molar refractivity (Wildman–Crippen MR) is 135 cm³/mol. The molecule has 14 heteroatoms. The number of primary amides is 1. The number of nitrogens with one attached hydrogen (secondary N) is 2. The van der Waals surface area contributed by atoms with Gasteiger partial charge >= 0.3 is 6.36 Å². The number of ether oxygens (including phenoxy) is 1. The van der Waals surface area contributed by atoms with E-state index in [1.165, 1.54) is 18.2 Å². The number of carbonyl (C=O) groups excluding carboxylic acids is 3. The maximum atomic E-state index is 12.8. The van der Waals surface area contributed by atoms with Gasteiger partial charge in [0.25, 0.3) is 15.3 Å². The number of amides is 3. The lowest BCUT2D eigenvalue weighted by atomic mass is 9.97. The fourth-order valence-electron chi connectivity index (χ4n) is 3.56. The standard InChI is InChI=1S/C24H18F3N3O6S2/c25-24(26,27)36-17-5-7-18(8-6-17)38(34,35)30-16-4-9-19(22(28)32)20(11-16)15-3-1-2-14(10-15)12-37-13-21(31)29-23(37)33/h1-12,30H,13H2,(H2,28,32)(H,29,31,33). The number of halogens is 3. The van der Waals surface area contributed by atoms with Crippen LogP contribution in [-0.4, -0.2) is 43.0 Å². The zero-order valence-electron chi connectivity index (χ0n) is 19.1. The third kappa shape index (κ3) is 6.39. The van der Waals surface area contributed by atoms with Crippen LogP contribution in [0.1, 0.15) is 15.9 Å². The molecule has 9 nitrogen and oxygen atoms in total. The van der Waals surface area contributed by atoms with E-state index in [2.05, 4.69) is 14.8 Å². The van der Waals surface area contributed by atoms with Crippen LogP contribution in [0.4, 0.5) is 23.7 Å². The lowest BCUT2D eigenvalue weighted by Gasteiger charge is -2.13. The minimum Gasteiger partial charge on any atom is -0.406 e. The summed E-state index contributed by atoms with van der Waals surface area (Å²) in [6.07, 6.45) is -4.92. The second-order valence-electron chi connectivity index (χ2n) is 7.90. The van der Waals surface area contributed by atoms with E-state index < -0.39 is 43.8 Å². The van der Waals surface area contributed by atoms with Gasteiger partial charge in [-0.3, -0.25) is 24.4 Å². The zero-order valence-corrected chi connectivity index (χ0v) is 20.7. The molecule has 0 spiro atoms. The molecule has 1 heterocycles. The second kappa shape index (κ2) is 10.3. The number of hydrogen-bond donors (Lipinski definition) is 3. The first kappa shape index (κ1) is 26.9. The predicted octanol–water partition coefficient (Wildman–Crippen LogP) is 3.82. The van der Waals surface area contributed by atoms with Crippen molar-refractivity contribution in [2.75, 3.05) is 10.5 Å². The minimum atomic E-state index is -4.92. The van der Waals surface area contributed by atoms with Crippen LogP contribution in [0.2, 0.25) is 0 Å². The van der Waals surface area contributed by atoms with E-state index >= 15 is 0 Å². The van der Waals surface area contributed by atoms with Gasteiger partial charge in [0.1, 0.15) is 5.75 Å². The van der Waals surface area contributed by atoms with Crippen molar-refractivity contribution >= 4 is 48.6 Å². The van der Waals surface area contributed by atoms with Crippen molar-refractivity contribution in [1.82, 2.24) is 5.32 Å². The van der Waals surface area contributed by atoms with Crippen molar-refractivity contribution in [3.05, 3.63) is 77.9 Å². The number of benzene rings is 3. The Kier molecular flexibility index (Phi) is 7.29. The molecule has 3 aromatic rings. The molecule has 3 aromatic carbocycles. The van der Waals surface area contributed by atoms with Gasteiger partial charge in [0.2, 0.25) is 11.8 Å². The number of rotatable bonds is 7. The van der Waals surface area contributed by atoms with Crippen LogP contribution >= 0.6 is 10.5 Å². The normalized spacial score (nSPS) is 15.8. The largest absolute Gasteiger partial charge is 0.573 e. The van der Waals surface area contributed by atoms with Crippen LogP contribution in [-0.2, 0) is 14.8 Å². The number of imide groups is 1. The van der Waals surface area contributed by atoms with E-state index in [4.69, 9.17) is 5.73 Å². The first-order valence-electron chi connectivity index (χ1n) is 10.6. The van der Waals surface area contributed by atoms with Gasteiger partial charge in [0.05, 0.1) is 10.6 Å². The maximum Gasteiger partial charge on any atom is 0.573 e. The van der Waals surface area contributed by atoms with E-state index in [-0.39, 0.29) is 33.4 Å². The lowest BCUT2D eigenvalue weighted by Crippen LogP contribution is -2.18. The van der Waals surface area contributed by atoms with Crippen LogP contribution in [0.15, 0.2) is 71.6 Å². The van der Waals surface area contributed by atoms with E-state index in [1.807, 2.05) is 0 Å². The van der Waals surface area contributed by atoms with Gasteiger partial charge < -0.3 is 10.5 Å². The maximum absolute atomic E-state index is 12.8. The Balaban J connectivity index is 1.65. The highest BCUT2D eigenvalue weighted by molar-refractivity contribution is 8.28. The molecule has 1 fully saturated rings. The fraction of sp³-hybridized carbons (Fsp3) is 0.0833. The summed E-state index contributed by atoms with van der Waals surface area (Å²) < 4.78 is 68.9. The van der Waals surface area contributed by atoms with Crippen LogP contribution in [0, 0.1) is 0 Å². The number of anilines is 1. The Morgan fingerprint density at radius 3 is 2.37 bits per heavy atom. The molecule has 4 N–H and O–H groups in total. The van der Waals surface area contributed by atoms with Crippen molar-refractivity contribution in [3.8, 4) is 16.9 Å². The Morgan fingerprint density at radius 1 is 1.05 bits per heavy atom. The van der Waals surface area contributed by atoms with Gasteiger partial charge in [0, 0.05) is 11.3 Å². The molecule has 1 atom stereocenters. The quantitative estimate of drug-likeness (QED) is 0.372. The summed E-state index contributed by atoms with van der Waals surface area (Å²) in [5.41, 5.74) is 7.03. The van der Waals surface area contributed by atoms with Crippen LogP contribution in [0.3, 0.4) is 0 Å². The van der Waals surface area contributed by atoms with Gasteiger partial charge in [-0.2, -0.15) is 0 Å². The summed E-state index contributed by atoms with van der Waals surface area (Å²) >= 11 is 0. The summed E-state index contributed by atoms with van der Waals surface area (Å²) in [6.45, 7) is 0. The first-order valence-corrected chi connectivity index (χ1v) is 13.6. The third-order valence-corrected chi connectivity index (χ3v) is 8.25. The molecule has 1 aliphatic heterocycles. The Labute approximate surface area is 216 Å². The molecule has 38 heavy (non-hydrogen) atoms. The van der Waals surface area contributed by atoms with E-state index in [9.17, 15) is 36.0 Å². The molecule has 0 aromatic heterocycles. The first-order chi connectivity index (χ1) is 17.8. The smallest absolute Gasteiger partial charge is 0.406 e. The van der Waals surface area contributed by atoms with Gasteiger partial charge in [-0.25, -0.2) is 8.42 Å². The molecule has 1 aliphatic rings. The monoisotopic (exact) mass is 565 g/mol. The lowest BCUT2D eigenvalue weighted by molar-refractivity contribution is -0.274. The molecule has 0 bridgehead atoms. The summed E-state index contributed by atoms with van der Waals surface area (Å²) in [4.78, 5) is 35.2. The molecule has 3 amide bonds. The number of sulfonamides is 1. The molecule has 1 unspecified atom stereocenters. The Morgan fingerprint density at radius 2 is 1.76 bits per heavy atom. The highest BCUT2D eigenvalue weighted by Crippen LogP contribution is 2.30. The third-order valence-electron chi connectivity index (χ3n) is 5.15. The van der Waals surface area contributed by atoms with E-state index in [1.54, 1.807) is 29.6 Å². The van der Waals surface area contributed by atoms with Crippen LogP contribution in [0.25, 0.3) is 11.1 Å². The van der Waals surface area contributed by atoms with Gasteiger partial charge in [-0.1, -0.05) is 28.7 Å². The molecule has 0 saturated carbocycles. The van der Waals surface area contributed by atoms with Gasteiger partial charge in [0.15, 0.2) is 0 Å². The topological polar surface area (TPSA) is 145 Å². The average Bonchev–Trinajstić information content (AvgIpc) is 3.14. The number of carbonyl (C=O) groups is 3. The summed E-state index contributed by atoms with van der Waals surface area (Å²) in [5.74, 6) is -1.69. The highest BCUT2D eigenvalue weighted by Gasteiger charge is 2.31. The molecular weight excluding hydrogens is 547 g/mol. The van der Waals surface area contributed by atoms with Crippen molar-refractivity contribution in [2.24, 2.45) is 5.73 Å². The molecule has 0 radical (unpaired) electrons. The number of alkyl halides is 3. The molecule has 4 rings (SSSR count). The summed E-state index contributed by atoms with van der Waals surface area (Å²) in [6, 6.07) is 14.3. The van der Waals surface area contributed by atoms with Gasteiger partial charge in [-0.05, 0) is 70.6 Å². The summed E-state index contributed by atoms with van der Waals surface area (Å²) in [7, 11) is -5.18. The fourth-order valence-corrected chi connectivity index (χ4v) is 6.00. The number of hydrogen-bond acceptors (Lipinski definition) is 6. The van der Waals surface area contributed by atoms with Crippen molar-refractivity contribution in [1.29, 1.82) is 0 Å². The highest BCUT2D eigenvalue weighted by atomic mass is 32.2. The molecule has 198 valence electrons. The SMILES string of the molecule is NC(=O)c1ccc(NS(=O)(=O)c2ccc(OC(F)(F)F)cc2)cc1-c1cccc(C=S2CC(=O)NC2=O)c1. The van der Waals surface area contributed by atoms with E-state index in [0.29, 0.717) is 11.1 Å². The molecule has 1 saturated heterocycles. The minimum absolute atomic E-state index is 0.0379. The molecule has 0 aliphatic carbocycles. The zero-order chi connectivity index (χ0) is 27.7. The Bertz CT molecular complexity index is 1590. The Hall–Kier alpha value is -4.17. The average molecular weight is 566 g/mol. The van der Waals surface area contributed by atoms with Crippen molar-refractivity contribution < 1.29 is 40.7 Å². The van der Waals surface area contributed by atoms with Crippen molar-refractivity contribution in [2.45, 2.75) is 11.3 Å². The van der Waals surface area contributed by atoms with Gasteiger partial charge in [-0.15, -0.1) is 13.2 Å². The van der Waals surface area contributed by atoms with Crippen LogP contribution in [0.5, 0.6) is 5.75 Å².